The van der Waals surface area contributed by atoms with E-state index in [0.29, 0.717) is 24.2 Å². The fourth-order valence-corrected chi connectivity index (χ4v) is 4.26. The summed E-state index contributed by atoms with van der Waals surface area (Å²) in [7, 11) is -3.31. The van der Waals surface area contributed by atoms with E-state index < -0.39 is 16.0 Å². The molecule has 1 N–H and O–H groups in total. The topological polar surface area (TPSA) is 95.0 Å². The van der Waals surface area contributed by atoms with Crippen LogP contribution in [0.3, 0.4) is 0 Å². The van der Waals surface area contributed by atoms with Gasteiger partial charge in [0.1, 0.15) is 0 Å². The summed E-state index contributed by atoms with van der Waals surface area (Å²) in [5.41, 5.74) is 0.828. The number of hydrogen-bond donors (Lipinski definition) is 1. The molecule has 1 heterocycles. The zero-order valence-electron chi connectivity index (χ0n) is 13.8. The molecule has 1 fully saturated rings. The molecule has 24 heavy (non-hydrogen) atoms. The zero-order chi connectivity index (χ0) is 17.9. The van der Waals surface area contributed by atoms with E-state index in [1.54, 1.807) is 24.3 Å². The SMILES string of the molecule is CC(C)N(CCC(=O)O)C(=O)c1cccc(N2CCCS2(=O)=O)c1. The molecule has 1 aliphatic heterocycles. The first-order chi connectivity index (χ1) is 11.2. The molecule has 0 saturated carbocycles. The second-order valence-electron chi connectivity index (χ2n) is 6.03. The number of carbonyl (C=O) groups excluding carboxylic acids is 1. The Morgan fingerprint density at radius 3 is 2.58 bits per heavy atom. The lowest BCUT2D eigenvalue weighted by Gasteiger charge is -2.27. The summed E-state index contributed by atoms with van der Waals surface area (Å²) in [5, 5.41) is 8.83. The normalized spacial score (nSPS) is 16.4. The molecule has 1 aromatic carbocycles. The summed E-state index contributed by atoms with van der Waals surface area (Å²) in [6.07, 6.45) is 0.432. The van der Waals surface area contributed by atoms with Crippen molar-refractivity contribution < 1.29 is 23.1 Å². The van der Waals surface area contributed by atoms with E-state index in [9.17, 15) is 18.0 Å². The molecule has 0 radical (unpaired) electrons. The maximum Gasteiger partial charge on any atom is 0.305 e. The van der Waals surface area contributed by atoms with Crippen molar-refractivity contribution >= 4 is 27.6 Å². The largest absolute Gasteiger partial charge is 0.481 e. The number of benzene rings is 1. The van der Waals surface area contributed by atoms with Gasteiger partial charge in [0.2, 0.25) is 10.0 Å². The number of anilines is 1. The average molecular weight is 354 g/mol. The van der Waals surface area contributed by atoms with Crippen molar-refractivity contribution in [3.8, 4) is 0 Å². The molecule has 0 bridgehead atoms. The van der Waals surface area contributed by atoms with Crippen LogP contribution in [-0.4, -0.2) is 55.2 Å². The van der Waals surface area contributed by atoms with Crippen LogP contribution in [0.4, 0.5) is 5.69 Å². The van der Waals surface area contributed by atoms with Gasteiger partial charge in [-0.05, 0) is 38.5 Å². The van der Waals surface area contributed by atoms with Gasteiger partial charge in [0.25, 0.3) is 5.91 Å². The van der Waals surface area contributed by atoms with E-state index in [1.807, 2.05) is 13.8 Å². The van der Waals surface area contributed by atoms with E-state index in [1.165, 1.54) is 9.21 Å². The van der Waals surface area contributed by atoms with E-state index in [0.717, 1.165) is 0 Å². The standard InChI is InChI=1S/C16H22N2O5S/c1-12(2)17(9-7-15(19)20)16(21)13-5-3-6-14(11-13)18-8-4-10-24(18,22)23/h3,5-6,11-12H,4,7-10H2,1-2H3,(H,19,20). The minimum Gasteiger partial charge on any atom is -0.481 e. The molecule has 0 atom stereocenters. The van der Waals surface area contributed by atoms with Crippen LogP contribution in [0.2, 0.25) is 0 Å². The molecule has 1 aliphatic rings. The van der Waals surface area contributed by atoms with Crippen molar-refractivity contribution in [3.05, 3.63) is 29.8 Å². The summed E-state index contributed by atoms with van der Waals surface area (Å²) in [6, 6.07) is 6.32. The number of hydrogen-bond acceptors (Lipinski definition) is 4. The molecule has 0 unspecified atom stereocenters. The molecule has 1 amide bonds. The Bertz CT molecular complexity index is 730. The number of nitrogens with zero attached hydrogens (tertiary/aromatic N) is 2. The van der Waals surface area contributed by atoms with Gasteiger partial charge in [0.05, 0.1) is 17.9 Å². The van der Waals surface area contributed by atoms with Gasteiger partial charge in [0.15, 0.2) is 0 Å². The first-order valence-corrected chi connectivity index (χ1v) is 9.46. The minimum atomic E-state index is -3.31. The van der Waals surface area contributed by atoms with Crippen LogP contribution < -0.4 is 4.31 Å². The molecule has 0 aromatic heterocycles. The summed E-state index contributed by atoms with van der Waals surface area (Å²) in [6.45, 7) is 4.15. The third-order valence-electron chi connectivity index (χ3n) is 3.93. The van der Waals surface area contributed by atoms with Crippen molar-refractivity contribution in [2.24, 2.45) is 0 Å². The lowest BCUT2D eigenvalue weighted by atomic mass is 10.1. The smallest absolute Gasteiger partial charge is 0.305 e. The Kier molecular flexibility index (Phi) is 5.48. The summed E-state index contributed by atoms with van der Waals surface area (Å²) < 4.78 is 25.4. The van der Waals surface area contributed by atoms with Crippen LogP contribution in [0.1, 0.15) is 37.0 Å². The van der Waals surface area contributed by atoms with Crippen LogP contribution >= 0.6 is 0 Å². The third kappa shape index (κ3) is 4.05. The van der Waals surface area contributed by atoms with Crippen LogP contribution in [0.5, 0.6) is 0 Å². The maximum absolute atomic E-state index is 12.7. The van der Waals surface area contributed by atoms with Gasteiger partial charge < -0.3 is 10.0 Å². The van der Waals surface area contributed by atoms with Crippen LogP contribution in [0.25, 0.3) is 0 Å². The maximum atomic E-state index is 12.7. The summed E-state index contributed by atoms with van der Waals surface area (Å²) in [5.74, 6) is -1.16. The highest BCUT2D eigenvalue weighted by Crippen LogP contribution is 2.25. The molecular weight excluding hydrogens is 332 g/mol. The first-order valence-electron chi connectivity index (χ1n) is 7.85. The molecule has 1 aromatic rings. The van der Waals surface area contributed by atoms with E-state index in [2.05, 4.69) is 0 Å². The number of carbonyl (C=O) groups is 2. The molecule has 1 saturated heterocycles. The molecule has 0 spiro atoms. The van der Waals surface area contributed by atoms with Gasteiger partial charge in [-0.1, -0.05) is 6.07 Å². The van der Waals surface area contributed by atoms with Gasteiger partial charge in [-0.15, -0.1) is 0 Å². The van der Waals surface area contributed by atoms with Crippen molar-refractivity contribution in [3.63, 3.8) is 0 Å². The van der Waals surface area contributed by atoms with Gasteiger partial charge >= 0.3 is 5.97 Å². The second-order valence-corrected chi connectivity index (χ2v) is 8.04. The predicted octanol–water partition coefficient (Wildman–Crippen LogP) is 1.55. The number of carboxylic acid groups (broad SMARTS) is 1. The van der Waals surface area contributed by atoms with E-state index in [-0.39, 0.29) is 30.7 Å². The zero-order valence-corrected chi connectivity index (χ0v) is 14.6. The molecular formula is C16H22N2O5S. The minimum absolute atomic E-state index is 0.109. The van der Waals surface area contributed by atoms with Crippen LogP contribution in [0, 0.1) is 0 Å². The highest BCUT2D eigenvalue weighted by Gasteiger charge is 2.29. The highest BCUT2D eigenvalue weighted by atomic mass is 32.2. The quantitative estimate of drug-likeness (QED) is 0.836. The second kappa shape index (κ2) is 7.21. The Labute approximate surface area is 141 Å². The monoisotopic (exact) mass is 354 g/mol. The number of amides is 1. The van der Waals surface area contributed by atoms with Crippen molar-refractivity contribution in [2.45, 2.75) is 32.7 Å². The number of aliphatic carboxylic acids is 1. The average Bonchev–Trinajstić information content (AvgIpc) is 2.86. The fourth-order valence-electron chi connectivity index (χ4n) is 2.70. The first kappa shape index (κ1) is 18.3. The molecule has 7 nitrogen and oxygen atoms in total. The lowest BCUT2D eigenvalue weighted by molar-refractivity contribution is -0.137. The van der Waals surface area contributed by atoms with Crippen LogP contribution in [-0.2, 0) is 14.8 Å². The molecule has 132 valence electrons. The predicted molar refractivity (Wildman–Crippen MR) is 90.6 cm³/mol. The van der Waals surface area contributed by atoms with Crippen molar-refractivity contribution in [2.75, 3.05) is 23.1 Å². The van der Waals surface area contributed by atoms with Gasteiger partial charge in [0, 0.05) is 24.7 Å². The Morgan fingerprint density at radius 1 is 1.33 bits per heavy atom. The highest BCUT2D eigenvalue weighted by molar-refractivity contribution is 7.93. The molecule has 2 rings (SSSR count). The Balaban J connectivity index is 2.26. The van der Waals surface area contributed by atoms with Gasteiger partial charge in [-0.25, -0.2) is 8.42 Å². The van der Waals surface area contributed by atoms with Gasteiger partial charge in [-0.2, -0.15) is 0 Å². The van der Waals surface area contributed by atoms with E-state index >= 15 is 0 Å². The van der Waals surface area contributed by atoms with Gasteiger partial charge in [-0.3, -0.25) is 13.9 Å². The van der Waals surface area contributed by atoms with E-state index in [4.69, 9.17) is 5.11 Å². The Hall–Kier alpha value is -2.09. The number of carboxylic acids is 1. The fraction of sp³-hybridized carbons (Fsp3) is 0.500. The lowest BCUT2D eigenvalue weighted by Crippen LogP contribution is -2.38. The van der Waals surface area contributed by atoms with Crippen molar-refractivity contribution in [1.29, 1.82) is 0 Å². The number of rotatable bonds is 6. The third-order valence-corrected chi connectivity index (χ3v) is 5.80. The van der Waals surface area contributed by atoms with Crippen molar-refractivity contribution in [1.82, 2.24) is 4.90 Å². The summed E-state index contributed by atoms with van der Waals surface area (Å²) >= 11 is 0. The van der Waals surface area contributed by atoms with Crippen LogP contribution in [0.15, 0.2) is 24.3 Å². The number of sulfonamides is 1. The summed E-state index contributed by atoms with van der Waals surface area (Å²) in [4.78, 5) is 24.9. The Morgan fingerprint density at radius 2 is 2.04 bits per heavy atom. The molecule has 8 heteroatoms. The molecule has 0 aliphatic carbocycles.